The van der Waals surface area contributed by atoms with Gasteiger partial charge in [-0.25, -0.2) is 0 Å². The van der Waals surface area contributed by atoms with Crippen molar-refractivity contribution in [3.05, 3.63) is 0 Å². The summed E-state index contributed by atoms with van der Waals surface area (Å²) in [6, 6.07) is 0. The van der Waals surface area contributed by atoms with E-state index >= 15 is 0 Å². The third-order valence-electron chi connectivity index (χ3n) is 1.51. The molecule has 0 spiro atoms. The number of halogens is 4. The largest absolute Gasteiger partial charge is 0.411 e. The average Bonchev–Trinajstić information content (AvgIpc) is 2.21. The summed E-state index contributed by atoms with van der Waals surface area (Å²) in [5.74, 6) is -0.177. The van der Waals surface area contributed by atoms with Crippen molar-refractivity contribution in [1.29, 1.82) is 0 Å². The number of nitrogens with one attached hydrogen (secondary N) is 1. The van der Waals surface area contributed by atoms with Crippen LogP contribution in [0.25, 0.3) is 0 Å². The molecular formula is C9H15ClF3NO3. The van der Waals surface area contributed by atoms with Crippen LogP contribution in [0.15, 0.2) is 0 Å². The molecule has 17 heavy (non-hydrogen) atoms. The van der Waals surface area contributed by atoms with Crippen LogP contribution >= 0.6 is 11.6 Å². The molecule has 0 aromatic carbocycles. The van der Waals surface area contributed by atoms with Gasteiger partial charge < -0.3 is 14.8 Å². The van der Waals surface area contributed by atoms with Crippen molar-refractivity contribution >= 4 is 17.5 Å². The maximum Gasteiger partial charge on any atom is 0.411 e. The zero-order chi connectivity index (χ0) is 13.1. The Morgan fingerprint density at radius 1 is 1.24 bits per heavy atom. The van der Waals surface area contributed by atoms with E-state index in [4.69, 9.17) is 16.3 Å². The number of amides is 1. The Morgan fingerprint density at radius 3 is 2.53 bits per heavy atom. The lowest BCUT2D eigenvalue weighted by Gasteiger charge is -2.08. The van der Waals surface area contributed by atoms with E-state index in [0.717, 1.165) is 0 Å². The molecule has 0 aromatic rings. The molecule has 0 atom stereocenters. The summed E-state index contributed by atoms with van der Waals surface area (Å²) in [7, 11) is 0. The molecule has 0 aliphatic heterocycles. The second-order valence-corrected chi connectivity index (χ2v) is 3.49. The molecule has 0 aliphatic rings. The Morgan fingerprint density at radius 2 is 1.94 bits per heavy atom. The van der Waals surface area contributed by atoms with Crippen LogP contribution in [0.2, 0.25) is 0 Å². The molecule has 102 valence electrons. The summed E-state index contributed by atoms with van der Waals surface area (Å²) in [5.41, 5.74) is 0. The predicted octanol–water partition coefficient (Wildman–Crippen LogP) is 1.33. The third kappa shape index (κ3) is 13.4. The van der Waals surface area contributed by atoms with Gasteiger partial charge in [0.15, 0.2) is 0 Å². The highest BCUT2D eigenvalue weighted by molar-refractivity contribution is 6.17. The molecule has 0 aromatic heterocycles. The molecule has 1 N–H and O–H groups in total. The number of carbonyl (C=O) groups is 1. The van der Waals surface area contributed by atoms with E-state index in [1.807, 2.05) is 0 Å². The minimum atomic E-state index is -4.41. The molecule has 4 nitrogen and oxygen atoms in total. The summed E-state index contributed by atoms with van der Waals surface area (Å²) in [4.78, 5) is 11.0. The molecule has 0 radical (unpaired) electrons. The molecule has 0 saturated heterocycles. The molecular weight excluding hydrogens is 263 g/mol. The molecule has 0 fully saturated rings. The topological polar surface area (TPSA) is 47.6 Å². The van der Waals surface area contributed by atoms with Crippen LogP contribution in [0, 0.1) is 0 Å². The number of ether oxygens (including phenoxy) is 2. The van der Waals surface area contributed by atoms with Crippen LogP contribution in [0.5, 0.6) is 0 Å². The number of alkyl halides is 4. The Hall–Kier alpha value is -0.530. The van der Waals surface area contributed by atoms with Gasteiger partial charge >= 0.3 is 6.18 Å². The zero-order valence-corrected chi connectivity index (χ0v) is 9.94. The predicted molar refractivity (Wildman–Crippen MR) is 56.0 cm³/mol. The Kier molecular flexibility index (Phi) is 9.20. The van der Waals surface area contributed by atoms with Crippen molar-refractivity contribution in [2.24, 2.45) is 0 Å². The first-order valence-electron chi connectivity index (χ1n) is 5.00. The number of rotatable bonds is 9. The quantitative estimate of drug-likeness (QED) is 0.511. The van der Waals surface area contributed by atoms with Crippen molar-refractivity contribution in [1.82, 2.24) is 5.32 Å². The maximum absolute atomic E-state index is 11.6. The van der Waals surface area contributed by atoms with Gasteiger partial charge in [-0.3, -0.25) is 4.79 Å². The second-order valence-electron chi connectivity index (χ2n) is 3.11. The van der Waals surface area contributed by atoms with Gasteiger partial charge in [-0.05, 0) is 6.42 Å². The van der Waals surface area contributed by atoms with E-state index in [9.17, 15) is 18.0 Å². The number of hydrogen-bond acceptors (Lipinski definition) is 3. The smallest absolute Gasteiger partial charge is 0.380 e. The van der Waals surface area contributed by atoms with E-state index in [2.05, 4.69) is 10.1 Å². The van der Waals surface area contributed by atoms with Crippen molar-refractivity contribution in [3.63, 3.8) is 0 Å². The summed E-state index contributed by atoms with van der Waals surface area (Å²) < 4.78 is 44.1. The van der Waals surface area contributed by atoms with E-state index in [1.54, 1.807) is 0 Å². The SMILES string of the molecule is O=C(COCC(F)(F)F)NCCCOCCCl. The monoisotopic (exact) mass is 277 g/mol. The molecule has 0 unspecified atom stereocenters. The molecule has 8 heteroatoms. The lowest BCUT2D eigenvalue weighted by molar-refractivity contribution is -0.175. The average molecular weight is 278 g/mol. The number of hydrogen-bond donors (Lipinski definition) is 1. The second kappa shape index (κ2) is 9.49. The van der Waals surface area contributed by atoms with Crippen LogP contribution in [-0.4, -0.2) is 50.9 Å². The van der Waals surface area contributed by atoms with Gasteiger partial charge in [0.2, 0.25) is 5.91 Å². The Bertz CT molecular complexity index is 214. The van der Waals surface area contributed by atoms with E-state index in [0.29, 0.717) is 32.1 Å². The minimum Gasteiger partial charge on any atom is -0.380 e. The normalized spacial score (nSPS) is 11.5. The third-order valence-corrected chi connectivity index (χ3v) is 1.66. The molecule has 0 saturated carbocycles. The van der Waals surface area contributed by atoms with Gasteiger partial charge in [-0.1, -0.05) is 0 Å². The fraction of sp³-hybridized carbons (Fsp3) is 0.889. The maximum atomic E-state index is 11.6. The Labute approximate surface area is 102 Å². The van der Waals surface area contributed by atoms with Crippen LogP contribution < -0.4 is 5.32 Å². The summed E-state index contributed by atoms with van der Waals surface area (Å²) in [5, 5.41) is 2.40. The van der Waals surface area contributed by atoms with Gasteiger partial charge in [-0.15, -0.1) is 11.6 Å². The Balaban J connectivity index is 3.29. The van der Waals surface area contributed by atoms with Crippen molar-refractivity contribution in [3.8, 4) is 0 Å². The van der Waals surface area contributed by atoms with Gasteiger partial charge in [0.1, 0.15) is 13.2 Å². The van der Waals surface area contributed by atoms with Gasteiger partial charge in [0.25, 0.3) is 0 Å². The molecule has 0 bridgehead atoms. The summed E-state index contributed by atoms with van der Waals surface area (Å²) >= 11 is 5.36. The van der Waals surface area contributed by atoms with Crippen molar-refractivity contribution in [2.45, 2.75) is 12.6 Å². The first kappa shape index (κ1) is 16.5. The van der Waals surface area contributed by atoms with E-state index in [1.165, 1.54) is 0 Å². The zero-order valence-electron chi connectivity index (χ0n) is 9.19. The minimum absolute atomic E-state index is 0.330. The van der Waals surface area contributed by atoms with E-state index in [-0.39, 0.29) is 0 Å². The standard InChI is InChI=1S/C9H15ClF3NO3/c10-2-5-16-4-1-3-14-8(15)6-17-7-9(11,12)13/h1-7H2,(H,14,15). The van der Waals surface area contributed by atoms with Crippen LogP contribution in [-0.2, 0) is 14.3 Å². The van der Waals surface area contributed by atoms with Crippen molar-refractivity contribution < 1.29 is 27.4 Å². The molecule has 0 aliphatic carbocycles. The highest BCUT2D eigenvalue weighted by Crippen LogP contribution is 2.13. The molecule has 1 amide bonds. The molecule has 0 heterocycles. The van der Waals surface area contributed by atoms with Gasteiger partial charge in [0, 0.05) is 19.0 Å². The lowest BCUT2D eigenvalue weighted by atomic mass is 10.4. The number of carbonyl (C=O) groups excluding carboxylic acids is 1. The first-order chi connectivity index (χ1) is 7.95. The fourth-order valence-electron chi connectivity index (χ4n) is 0.869. The van der Waals surface area contributed by atoms with Crippen LogP contribution in [0.3, 0.4) is 0 Å². The van der Waals surface area contributed by atoms with Gasteiger partial charge in [-0.2, -0.15) is 13.2 Å². The summed E-state index contributed by atoms with van der Waals surface area (Å²) in [6.07, 6.45) is -3.84. The van der Waals surface area contributed by atoms with Gasteiger partial charge in [0.05, 0.1) is 6.61 Å². The highest BCUT2D eigenvalue weighted by atomic mass is 35.5. The summed E-state index contributed by atoms with van der Waals surface area (Å²) in [6.45, 7) is -0.807. The first-order valence-corrected chi connectivity index (χ1v) is 5.54. The van der Waals surface area contributed by atoms with Crippen LogP contribution in [0.1, 0.15) is 6.42 Å². The van der Waals surface area contributed by atoms with E-state index < -0.39 is 25.3 Å². The lowest BCUT2D eigenvalue weighted by Crippen LogP contribution is -2.31. The fourth-order valence-corrected chi connectivity index (χ4v) is 0.978. The van der Waals surface area contributed by atoms with Crippen LogP contribution in [0.4, 0.5) is 13.2 Å². The van der Waals surface area contributed by atoms with Crippen molar-refractivity contribution in [2.75, 3.05) is 38.9 Å². The highest BCUT2D eigenvalue weighted by Gasteiger charge is 2.27. The molecule has 0 rings (SSSR count).